The van der Waals surface area contributed by atoms with Crippen LogP contribution in [0, 0.1) is 13.8 Å². The van der Waals surface area contributed by atoms with Gasteiger partial charge in [0.25, 0.3) is 0 Å². The fraction of sp³-hybridized carbons (Fsp3) is 0.250. The van der Waals surface area contributed by atoms with Crippen LogP contribution in [0.4, 0.5) is 0 Å². The van der Waals surface area contributed by atoms with E-state index in [1.807, 2.05) is 12.1 Å². The zero-order valence-electron chi connectivity index (χ0n) is 13.6. The van der Waals surface area contributed by atoms with Crippen LogP contribution in [0.1, 0.15) is 42.0 Å². The van der Waals surface area contributed by atoms with E-state index in [0.29, 0.717) is 5.84 Å². The molecule has 0 bridgehead atoms. The molecule has 0 aliphatic heterocycles. The lowest BCUT2D eigenvalue weighted by atomic mass is 10.1. The SMILES string of the molecule is CCC/C=C(\N=C(N)c1ccc(C)cc1)c1ccc(C)cc1. The number of rotatable bonds is 5. The van der Waals surface area contributed by atoms with Crippen LogP contribution < -0.4 is 5.73 Å². The molecule has 0 fully saturated rings. The Hall–Kier alpha value is -2.35. The molecule has 0 heterocycles. The minimum atomic E-state index is 0.558. The molecule has 2 N–H and O–H groups in total. The van der Waals surface area contributed by atoms with Gasteiger partial charge in [-0.1, -0.05) is 79.1 Å². The summed E-state index contributed by atoms with van der Waals surface area (Å²) in [6.45, 7) is 6.31. The van der Waals surface area contributed by atoms with E-state index in [1.54, 1.807) is 0 Å². The fourth-order valence-corrected chi connectivity index (χ4v) is 2.15. The molecule has 0 atom stereocenters. The van der Waals surface area contributed by atoms with Gasteiger partial charge in [0.15, 0.2) is 0 Å². The van der Waals surface area contributed by atoms with Crippen molar-refractivity contribution in [1.82, 2.24) is 0 Å². The number of unbranched alkanes of at least 4 members (excludes halogenated alkanes) is 1. The van der Waals surface area contributed by atoms with Crippen LogP contribution in [-0.4, -0.2) is 5.84 Å². The van der Waals surface area contributed by atoms with E-state index in [-0.39, 0.29) is 0 Å². The smallest absolute Gasteiger partial charge is 0.131 e. The largest absolute Gasteiger partial charge is 0.383 e. The summed E-state index contributed by atoms with van der Waals surface area (Å²) in [5, 5.41) is 0. The Kier molecular flexibility index (Phi) is 5.54. The molecule has 0 aliphatic rings. The van der Waals surface area contributed by atoms with Gasteiger partial charge in [0.05, 0.1) is 5.70 Å². The number of nitrogens with two attached hydrogens (primary N) is 1. The van der Waals surface area contributed by atoms with Crippen LogP contribution in [0.15, 0.2) is 59.6 Å². The van der Waals surface area contributed by atoms with E-state index in [1.165, 1.54) is 11.1 Å². The van der Waals surface area contributed by atoms with Gasteiger partial charge in [-0.15, -0.1) is 0 Å². The molecular formula is C20H24N2. The van der Waals surface area contributed by atoms with Gasteiger partial charge in [-0.2, -0.15) is 0 Å². The second-order valence-corrected chi connectivity index (χ2v) is 5.61. The molecule has 0 spiro atoms. The molecule has 114 valence electrons. The number of allylic oxidation sites excluding steroid dienone is 1. The first kappa shape index (κ1) is 16.0. The van der Waals surface area contributed by atoms with E-state index in [0.717, 1.165) is 29.7 Å². The van der Waals surface area contributed by atoms with Crippen molar-refractivity contribution < 1.29 is 0 Å². The zero-order valence-corrected chi connectivity index (χ0v) is 13.6. The Balaban J connectivity index is 2.35. The number of nitrogens with zero attached hydrogens (tertiary/aromatic N) is 1. The van der Waals surface area contributed by atoms with E-state index < -0.39 is 0 Å². The maximum absolute atomic E-state index is 6.19. The summed E-state index contributed by atoms with van der Waals surface area (Å²) in [5.74, 6) is 0.558. The Morgan fingerprint density at radius 3 is 1.91 bits per heavy atom. The lowest BCUT2D eigenvalue weighted by molar-refractivity contribution is 0.958. The molecular weight excluding hydrogens is 268 g/mol. The molecule has 22 heavy (non-hydrogen) atoms. The quantitative estimate of drug-likeness (QED) is 0.621. The van der Waals surface area contributed by atoms with Crippen molar-refractivity contribution in [3.8, 4) is 0 Å². The molecule has 0 amide bonds. The summed E-state index contributed by atoms with van der Waals surface area (Å²) < 4.78 is 0. The second kappa shape index (κ2) is 7.60. The molecule has 0 saturated carbocycles. The minimum absolute atomic E-state index is 0.558. The highest BCUT2D eigenvalue weighted by Gasteiger charge is 2.03. The summed E-state index contributed by atoms with van der Waals surface area (Å²) in [5.41, 5.74) is 11.7. The summed E-state index contributed by atoms with van der Waals surface area (Å²) in [6, 6.07) is 16.5. The van der Waals surface area contributed by atoms with Crippen molar-refractivity contribution in [1.29, 1.82) is 0 Å². The Morgan fingerprint density at radius 1 is 0.909 bits per heavy atom. The third kappa shape index (κ3) is 4.32. The van der Waals surface area contributed by atoms with Crippen LogP contribution in [-0.2, 0) is 0 Å². The van der Waals surface area contributed by atoms with Crippen LogP contribution in [0.2, 0.25) is 0 Å². The van der Waals surface area contributed by atoms with E-state index in [2.05, 4.69) is 68.2 Å². The van der Waals surface area contributed by atoms with Gasteiger partial charge in [0, 0.05) is 5.56 Å². The van der Waals surface area contributed by atoms with Crippen LogP contribution in [0.3, 0.4) is 0 Å². The van der Waals surface area contributed by atoms with Gasteiger partial charge in [-0.25, -0.2) is 4.99 Å². The summed E-state index contributed by atoms with van der Waals surface area (Å²) in [7, 11) is 0. The zero-order chi connectivity index (χ0) is 15.9. The lowest BCUT2D eigenvalue weighted by Gasteiger charge is -2.07. The van der Waals surface area contributed by atoms with Crippen molar-refractivity contribution in [2.45, 2.75) is 33.6 Å². The van der Waals surface area contributed by atoms with Crippen molar-refractivity contribution in [2.24, 2.45) is 10.7 Å². The first-order chi connectivity index (χ1) is 10.6. The maximum atomic E-state index is 6.19. The van der Waals surface area contributed by atoms with Gasteiger partial charge in [-0.05, 0) is 25.8 Å². The van der Waals surface area contributed by atoms with Gasteiger partial charge < -0.3 is 5.73 Å². The predicted molar refractivity (Wildman–Crippen MR) is 96.0 cm³/mol. The molecule has 0 radical (unpaired) electrons. The Labute approximate surface area is 133 Å². The number of hydrogen-bond donors (Lipinski definition) is 1. The minimum Gasteiger partial charge on any atom is -0.383 e. The first-order valence-corrected chi connectivity index (χ1v) is 7.78. The van der Waals surface area contributed by atoms with E-state index in [9.17, 15) is 0 Å². The molecule has 2 aromatic rings. The highest BCUT2D eigenvalue weighted by molar-refractivity contribution is 6.00. The summed E-state index contributed by atoms with van der Waals surface area (Å²) in [4.78, 5) is 4.67. The van der Waals surface area contributed by atoms with Crippen molar-refractivity contribution in [2.75, 3.05) is 0 Å². The molecule has 2 aromatic carbocycles. The van der Waals surface area contributed by atoms with Gasteiger partial charge in [0.1, 0.15) is 5.84 Å². The molecule has 0 aliphatic carbocycles. The van der Waals surface area contributed by atoms with Crippen molar-refractivity contribution in [3.63, 3.8) is 0 Å². The highest BCUT2D eigenvalue weighted by atomic mass is 14.9. The van der Waals surface area contributed by atoms with Crippen molar-refractivity contribution >= 4 is 11.5 Å². The molecule has 2 rings (SSSR count). The molecule has 0 saturated heterocycles. The van der Waals surface area contributed by atoms with Gasteiger partial charge in [0.2, 0.25) is 0 Å². The topological polar surface area (TPSA) is 38.4 Å². The third-order valence-corrected chi connectivity index (χ3v) is 3.56. The maximum Gasteiger partial charge on any atom is 0.131 e. The standard InChI is InChI=1S/C20H24N2/c1-4-5-6-19(17-11-7-15(2)8-12-17)22-20(21)18-13-9-16(3)10-14-18/h6-14H,4-5H2,1-3H3,(H2,21,22)/b19-6-. The highest BCUT2D eigenvalue weighted by Crippen LogP contribution is 2.19. The van der Waals surface area contributed by atoms with Crippen molar-refractivity contribution in [3.05, 3.63) is 76.9 Å². The van der Waals surface area contributed by atoms with Crippen LogP contribution in [0.5, 0.6) is 0 Å². The van der Waals surface area contributed by atoms with Crippen LogP contribution >= 0.6 is 0 Å². The number of amidine groups is 1. The summed E-state index contributed by atoms with van der Waals surface area (Å²) in [6.07, 6.45) is 4.24. The first-order valence-electron chi connectivity index (χ1n) is 7.78. The Morgan fingerprint density at radius 2 is 1.41 bits per heavy atom. The molecule has 2 heteroatoms. The Bertz CT molecular complexity index is 662. The average Bonchev–Trinajstić information content (AvgIpc) is 2.52. The normalized spacial score (nSPS) is 12.5. The lowest BCUT2D eigenvalue weighted by Crippen LogP contribution is -2.13. The monoisotopic (exact) mass is 292 g/mol. The molecule has 0 aromatic heterocycles. The van der Waals surface area contributed by atoms with E-state index >= 15 is 0 Å². The van der Waals surface area contributed by atoms with Crippen LogP contribution in [0.25, 0.3) is 5.70 Å². The molecule has 0 unspecified atom stereocenters. The summed E-state index contributed by atoms with van der Waals surface area (Å²) >= 11 is 0. The number of benzene rings is 2. The fourth-order valence-electron chi connectivity index (χ4n) is 2.15. The van der Waals surface area contributed by atoms with Gasteiger partial charge in [-0.3, -0.25) is 0 Å². The number of aryl methyl sites for hydroxylation is 2. The number of hydrogen-bond acceptors (Lipinski definition) is 1. The van der Waals surface area contributed by atoms with E-state index in [4.69, 9.17) is 5.73 Å². The number of aliphatic imine (C=N–C) groups is 1. The third-order valence-electron chi connectivity index (χ3n) is 3.56. The predicted octanol–water partition coefficient (Wildman–Crippen LogP) is 4.85. The molecule has 2 nitrogen and oxygen atoms in total. The average molecular weight is 292 g/mol. The second-order valence-electron chi connectivity index (χ2n) is 5.61. The van der Waals surface area contributed by atoms with Gasteiger partial charge >= 0.3 is 0 Å².